The molecule has 2 N–H and O–H groups in total. The van der Waals surface area contributed by atoms with E-state index in [2.05, 4.69) is 13.8 Å². The van der Waals surface area contributed by atoms with Crippen molar-refractivity contribution in [2.45, 2.75) is 52.7 Å². The minimum Gasteiger partial charge on any atom is -0.336 e. The Hall–Kier alpha value is -1.35. The van der Waals surface area contributed by atoms with Gasteiger partial charge in [-0.15, -0.1) is 0 Å². The normalized spacial score (nSPS) is 12.8. The highest BCUT2D eigenvalue weighted by Crippen LogP contribution is 2.12. The number of carbonyl (C=O) groups excluding carboxylic acids is 1. The second kappa shape index (κ2) is 7.29. The van der Waals surface area contributed by atoms with Gasteiger partial charge in [0.15, 0.2) is 0 Å². The Morgan fingerprint density at radius 2 is 1.74 bits per heavy atom. The highest BCUT2D eigenvalue weighted by Gasteiger charge is 2.21. The summed E-state index contributed by atoms with van der Waals surface area (Å²) in [5, 5.41) is 0. The number of amides is 1. The van der Waals surface area contributed by atoms with E-state index in [1.54, 1.807) is 0 Å². The predicted octanol–water partition coefficient (Wildman–Crippen LogP) is 2.80. The van der Waals surface area contributed by atoms with Gasteiger partial charge in [0.25, 0.3) is 0 Å². The summed E-state index contributed by atoms with van der Waals surface area (Å²) in [5.74, 6) is 0.467. The standard InChI is InChI=1S/C16H26N2O/c1-12(2)15(17)10-16(19)18(13(3)4)11-14-8-6-5-7-9-14/h5-9,12-13,15H,10-11,17H2,1-4H3. The predicted molar refractivity (Wildman–Crippen MR) is 79.6 cm³/mol. The monoisotopic (exact) mass is 262 g/mol. The van der Waals surface area contributed by atoms with Crippen LogP contribution in [0.1, 0.15) is 39.7 Å². The first kappa shape index (κ1) is 15.7. The van der Waals surface area contributed by atoms with Crippen molar-refractivity contribution >= 4 is 5.91 Å². The second-order valence-corrected chi connectivity index (χ2v) is 5.71. The third-order valence-electron chi connectivity index (χ3n) is 3.41. The SMILES string of the molecule is CC(C)C(N)CC(=O)N(Cc1ccccc1)C(C)C. The molecule has 1 aromatic rings. The molecular weight excluding hydrogens is 236 g/mol. The van der Waals surface area contributed by atoms with Crippen LogP contribution in [0.25, 0.3) is 0 Å². The van der Waals surface area contributed by atoms with Crippen LogP contribution in [0.15, 0.2) is 30.3 Å². The number of hydrogen-bond acceptors (Lipinski definition) is 2. The molecule has 0 aliphatic rings. The number of hydrogen-bond donors (Lipinski definition) is 1. The third kappa shape index (κ3) is 5.03. The molecule has 0 aliphatic heterocycles. The number of carbonyl (C=O) groups is 1. The van der Waals surface area contributed by atoms with Gasteiger partial charge in [0, 0.05) is 25.0 Å². The Kier molecular flexibility index (Phi) is 6.03. The van der Waals surface area contributed by atoms with E-state index in [4.69, 9.17) is 5.73 Å². The average Bonchev–Trinajstić information content (AvgIpc) is 2.36. The zero-order valence-corrected chi connectivity index (χ0v) is 12.5. The molecule has 0 saturated heterocycles. The van der Waals surface area contributed by atoms with Crippen molar-refractivity contribution in [3.8, 4) is 0 Å². The van der Waals surface area contributed by atoms with E-state index in [0.29, 0.717) is 18.9 Å². The molecular formula is C16H26N2O. The summed E-state index contributed by atoms with van der Waals surface area (Å²) in [6, 6.07) is 10.2. The molecule has 1 amide bonds. The van der Waals surface area contributed by atoms with Gasteiger partial charge < -0.3 is 10.6 Å². The lowest BCUT2D eigenvalue weighted by Gasteiger charge is -2.29. The lowest BCUT2D eigenvalue weighted by molar-refractivity contribution is -0.134. The van der Waals surface area contributed by atoms with Gasteiger partial charge in [0.05, 0.1) is 0 Å². The maximum atomic E-state index is 12.3. The quantitative estimate of drug-likeness (QED) is 0.857. The van der Waals surface area contributed by atoms with Crippen molar-refractivity contribution in [2.75, 3.05) is 0 Å². The Morgan fingerprint density at radius 3 is 2.21 bits per heavy atom. The molecule has 0 radical (unpaired) electrons. The van der Waals surface area contributed by atoms with E-state index in [9.17, 15) is 4.79 Å². The molecule has 1 rings (SSSR count). The van der Waals surface area contributed by atoms with Crippen molar-refractivity contribution in [3.05, 3.63) is 35.9 Å². The average molecular weight is 262 g/mol. The lowest BCUT2D eigenvalue weighted by atomic mass is 10.0. The van der Waals surface area contributed by atoms with Crippen LogP contribution in [0, 0.1) is 5.92 Å². The fraction of sp³-hybridized carbons (Fsp3) is 0.562. The van der Waals surface area contributed by atoms with Crippen LogP contribution >= 0.6 is 0 Å². The maximum Gasteiger partial charge on any atom is 0.224 e. The largest absolute Gasteiger partial charge is 0.336 e. The van der Waals surface area contributed by atoms with Gasteiger partial charge in [-0.1, -0.05) is 44.2 Å². The maximum absolute atomic E-state index is 12.3. The summed E-state index contributed by atoms with van der Waals surface area (Å²) in [6.07, 6.45) is 0.419. The Morgan fingerprint density at radius 1 is 1.16 bits per heavy atom. The molecule has 19 heavy (non-hydrogen) atoms. The van der Waals surface area contributed by atoms with E-state index in [1.165, 1.54) is 0 Å². The molecule has 0 aromatic heterocycles. The van der Waals surface area contributed by atoms with Gasteiger partial charge >= 0.3 is 0 Å². The summed E-state index contributed by atoms with van der Waals surface area (Å²) in [5.41, 5.74) is 7.16. The fourth-order valence-corrected chi connectivity index (χ4v) is 1.89. The highest BCUT2D eigenvalue weighted by molar-refractivity contribution is 5.77. The molecule has 3 heteroatoms. The van der Waals surface area contributed by atoms with Crippen molar-refractivity contribution < 1.29 is 4.79 Å². The first-order chi connectivity index (χ1) is 8.91. The van der Waals surface area contributed by atoms with Gasteiger partial charge in [-0.25, -0.2) is 0 Å². The molecule has 1 aromatic carbocycles. The van der Waals surface area contributed by atoms with Crippen LogP contribution in [0.3, 0.4) is 0 Å². The summed E-state index contributed by atoms with van der Waals surface area (Å²) in [7, 11) is 0. The first-order valence-corrected chi connectivity index (χ1v) is 7.00. The summed E-state index contributed by atoms with van der Waals surface area (Å²) < 4.78 is 0. The topological polar surface area (TPSA) is 46.3 Å². The molecule has 1 unspecified atom stereocenters. The van der Waals surface area contributed by atoms with Crippen LogP contribution in [0.2, 0.25) is 0 Å². The summed E-state index contributed by atoms with van der Waals surface area (Å²) >= 11 is 0. The minimum absolute atomic E-state index is 0.0653. The second-order valence-electron chi connectivity index (χ2n) is 5.71. The number of benzene rings is 1. The van der Waals surface area contributed by atoms with Gasteiger partial charge in [0.2, 0.25) is 5.91 Å². The van der Waals surface area contributed by atoms with Gasteiger partial charge in [0.1, 0.15) is 0 Å². The molecule has 0 aliphatic carbocycles. The van der Waals surface area contributed by atoms with Crippen LogP contribution in [0.5, 0.6) is 0 Å². The summed E-state index contributed by atoms with van der Waals surface area (Å²) in [6.45, 7) is 8.84. The van der Waals surface area contributed by atoms with Gasteiger partial charge in [-0.05, 0) is 25.3 Å². The smallest absolute Gasteiger partial charge is 0.224 e. The highest BCUT2D eigenvalue weighted by atomic mass is 16.2. The molecule has 0 saturated carbocycles. The lowest BCUT2D eigenvalue weighted by Crippen LogP contribution is -2.41. The zero-order valence-electron chi connectivity index (χ0n) is 12.5. The first-order valence-electron chi connectivity index (χ1n) is 7.00. The molecule has 0 spiro atoms. The van der Waals surface area contributed by atoms with E-state index in [0.717, 1.165) is 5.56 Å². The minimum atomic E-state index is -0.0653. The van der Waals surface area contributed by atoms with Crippen LogP contribution in [0.4, 0.5) is 0 Å². The van der Waals surface area contributed by atoms with Gasteiger partial charge in [-0.3, -0.25) is 4.79 Å². The third-order valence-corrected chi connectivity index (χ3v) is 3.41. The van der Waals surface area contributed by atoms with Crippen LogP contribution < -0.4 is 5.73 Å². The molecule has 0 bridgehead atoms. The van der Waals surface area contributed by atoms with Crippen LogP contribution in [-0.2, 0) is 11.3 Å². The molecule has 0 fully saturated rings. The fourth-order valence-electron chi connectivity index (χ4n) is 1.89. The van der Waals surface area contributed by atoms with Crippen molar-refractivity contribution in [3.63, 3.8) is 0 Å². The zero-order chi connectivity index (χ0) is 14.4. The Balaban J connectivity index is 2.70. The van der Waals surface area contributed by atoms with E-state index >= 15 is 0 Å². The van der Waals surface area contributed by atoms with Gasteiger partial charge in [-0.2, -0.15) is 0 Å². The van der Waals surface area contributed by atoms with Crippen molar-refractivity contribution in [1.82, 2.24) is 4.90 Å². The molecule has 1 atom stereocenters. The molecule has 106 valence electrons. The van der Waals surface area contributed by atoms with Crippen molar-refractivity contribution in [2.24, 2.45) is 11.7 Å². The molecule has 3 nitrogen and oxygen atoms in total. The van der Waals surface area contributed by atoms with E-state index in [1.807, 2.05) is 49.1 Å². The molecule has 0 heterocycles. The van der Waals surface area contributed by atoms with Crippen LogP contribution in [-0.4, -0.2) is 22.9 Å². The Bertz CT molecular complexity index is 387. The summed E-state index contributed by atoms with van der Waals surface area (Å²) in [4.78, 5) is 14.3. The van der Waals surface area contributed by atoms with Crippen molar-refractivity contribution in [1.29, 1.82) is 0 Å². The number of nitrogens with two attached hydrogens (primary N) is 1. The number of rotatable bonds is 6. The number of nitrogens with zero attached hydrogens (tertiary/aromatic N) is 1. The van der Waals surface area contributed by atoms with E-state index < -0.39 is 0 Å². The van der Waals surface area contributed by atoms with E-state index in [-0.39, 0.29) is 18.0 Å². The Labute approximate surface area is 116 Å².